The molecule has 1 fully saturated rings. The number of aliphatic hydroxyl groups is 1. The molecule has 0 amide bonds. The largest absolute Gasteiger partial charge is 0.387 e. The van der Waals surface area contributed by atoms with Gasteiger partial charge < -0.3 is 5.11 Å². The Balaban J connectivity index is 1.92. The average molecular weight is 289 g/mol. The zero-order chi connectivity index (χ0) is 15.5. The van der Waals surface area contributed by atoms with E-state index in [2.05, 4.69) is 56.9 Å². The van der Waals surface area contributed by atoms with Crippen LogP contribution >= 0.6 is 0 Å². The lowest BCUT2D eigenvalue weighted by Gasteiger charge is -2.38. The van der Waals surface area contributed by atoms with Crippen LogP contribution in [-0.4, -0.2) is 29.6 Å². The SMILES string of the molecule is CC(C)Cc1ccc(C(O)CN2CCCC(C)(C)C2)cc1. The molecule has 2 heteroatoms. The van der Waals surface area contributed by atoms with E-state index in [0.717, 1.165) is 31.6 Å². The highest BCUT2D eigenvalue weighted by Crippen LogP contribution is 2.29. The number of nitrogens with zero attached hydrogens (tertiary/aromatic N) is 1. The Kier molecular flexibility index (Phi) is 5.45. The van der Waals surface area contributed by atoms with Crippen molar-refractivity contribution in [2.24, 2.45) is 11.3 Å². The molecule has 1 aromatic carbocycles. The van der Waals surface area contributed by atoms with Crippen molar-refractivity contribution in [2.45, 2.75) is 53.1 Å². The van der Waals surface area contributed by atoms with Crippen molar-refractivity contribution in [3.63, 3.8) is 0 Å². The first-order valence-electron chi connectivity index (χ1n) is 8.35. The third-order valence-electron chi connectivity index (χ3n) is 4.42. The van der Waals surface area contributed by atoms with Gasteiger partial charge in [0.05, 0.1) is 6.10 Å². The lowest BCUT2D eigenvalue weighted by atomic mass is 9.84. The van der Waals surface area contributed by atoms with E-state index in [1.54, 1.807) is 0 Å². The molecule has 0 radical (unpaired) electrons. The maximum Gasteiger partial charge on any atom is 0.0916 e. The Morgan fingerprint density at radius 2 is 1.86 bits per heavy atom. The van der Waals surface area contributed by atoms with Crippen molar-refractivity contribution in [1.29, 1.82) is 0 Å². The molecule has 1 N–H and O–H groups in total. The Labute approximate surface area is 130 Å². The van der Waals surface area contributed by atoms with Gasteiger partial charge in [-0.1, -0.05) is 52.0 Å². The van der Waals surface area contributed by atoms with Crippen molar-refractivity contribution in [2.75, 3.05) is 19.6 Å². The summed E-state index contributed by atoms with van der Waals surface area (Å²) in [5.41, 5.74) is 2.80. The molecular formula is C19H31NO. The van der Waals surface area contributed by atoms with E-state index in [9.17, 15) is 5.11 Å². The zero-order valence-electron chi connectivity index (χ0n) is 14.1. The van der Waals surface area contributed by atoms with Crippen molar-refractivity contribution >= 4 is 0 Å². The van der Waals surface area contributed by atoms with Crippen LogP contribution < -0.4 is 0 Å². The van der Waals surface area contributed by atoms with Gasteiger partial charge in [-0.2, -0.15) is 0 Å². The molecular weight excluding hydrogens is 258 g/mol. The molecule has 1 aliphatic rings. The molecule has 0 saturated carbocycles. The van der Waals surface area contributed by atoms with Gasteiger partial charge in [0.25, 0.3) is 0 Å². The molecule has 1 atom stereocenters. The molecule has 0 aromatic heterocycles. The quantitative estimate of drug-likeness (QED) is 0.884. The third-order valence-corrected chi connectivity index (χ3v) is 4.42. The van der Waals surface area contributed by atoms with Crippen LogP contribution in [-0.2, 0) is 6.42 Å². The highest BCUT2D eigenvalue weighted by atomic mass is 16.3. The van der Waals surface area contributed by atoms with Gasteiger partial charge in [0.15, 0.2) is 0 Å². The molecule has 0 aliphatic carbocycles. The lowest BCUT2D eigenvalue weighted by molar-refractivity contribution is 0.0598. The van der Waals surface area contributed by atoms with E-state index in [0.29, 0.717) is 11.3 Å². The first-order valence-corrected chi connectivity index (χ1v) is 8.35. The summed E-state index contributed by atoms with van der Waals surface area (Å²) in [5, 5.41) is 10.5. The summed E-state index contributed by atoms with van der Waals surface area (Å²) in [6, 6.07) is 8.52. The number of hydrogen-bond donors (Lipinski definition) is 1. The summed E-state index contributed by atoms with van der Waals surface area (Å²) in [6.45, 7) is 12.1. The van der Waals surface area contributed by atoms with Gasteiger partial charge in [-0.3, -0.25) is 4.90 Å². The minimum atomic E-state index is -0.369. The molecule has 1 unspecified atom stereocenters. The molecule has 0 spiro atoms. The molecule has 1 saturated heterocycles. The molecule has 0 bridgehead atoms. The van der Waals surface area contributed by atoms with Gasteiger partial charge in [0, 0.05) is 13.1 Å². The maximum atomic E-state index is 10.5. The van der Waals surface area contributed by atoms with E-state index in [1.807, 2.05) is 0 Å². The van der Waals surface area contributed by atoms with Crippen LogP contribution in [0.2, 0.25) is 0 Å². The fourth-order valence-corrected chi connectivity index (χ4v) is 3.40. The monoisotopic (exact) mass is 289 g/mol. The summed E-state index contributed by atoms with van der Waals surface area (Å²) >= 11 is 0. The molecule has 2 nitrogen and oxygen atoms in total. The van der Waals surface area contributed by atoms with E-state index in [1.165, 1.54) is 18.4 Å². The number of benzene rings is 1. The van der Waals surface area contributed by atoms with Crippen LogP contribution in [0.3, 0.4) is 0 Å². The second-order valence-corrected chi connectivity index (χ2v) is 7.86. The predicted octanol–water partition coefficient (Wildman–Crippen LogP) is 4.04. The Bertz CT molecular complexity index is 435. The fourth-order valence-electron chi connectivity index (χ4n) is 3.40. The summed E-state index contributed by atoms with van der Waals surface area (Å²) in [4.78, 5) is 2.41. The number of hydrogen-bond acceptors (Lipinski definition) is 2. The van der Waals surface area contributed by atoms with Crippen molar-refractivity contribution in [3.8, 4) is 0 Å². The van der Waals surface area contributed by atoms with Gasteiger partial charge in [0.2, 0.25) is 0 Å². The van der Waals surface area contributed by atoms with Crippen molar-refractivity contribution in [1.82, 2.24) is 4.90 Å². The average Bonchev–Trinajstić information content (AvgIpc) is 2.37. The lowest BCUT2D eigenvalue weighted by Crippen LogP contribution is -2.41. The highest BCUT2D eigenvalue weighted by molar-refractivity contribution is 5.24. The third kappa shape index (κ3) is 5.12. The highest BCUT2D eigenvalue weighted by Gasteiger charge is 2.27. The van der Waals surface area contributed by atoms with Crippen LogP contribution in [0.5, 0.6) is 0 Å². The minimum Gasteiger partial charge on any atom is -0.387 e. The molecule has 21 heavy (non-hydrogen) atoms. The Morgan fingerprint density at radius 3 is 2.43 bits per heavy atom. The summed E-state index contributed by atoms with van der Waals surface area (Å²) in [7, 11) is 0. The topological polar surface area (TPSA) is 23.5 Å². The van der Waals surface area contributed by atoms with Crippen molar-refractivity contribution in [3.05, 3.63) is 35.4 Å². The molecule has 1 aromatic rings. The number of piperidine rings is 1. The second-order valence-electron chi connectivity index (χ2n) is 7.86. The van der Waals surface area contributed by atoms with Gasteiger partial charge in [-0.25, -0.2) is 0 Å². The minimum absolute atomic E-state index is 0.369. The first kappa shape index (κ1) is 16.5. The van der Waals surface area contributed by atoms with E-state index in [-0.39, 0.29) is 6.10 Å². The normalized spacial score (nSPS) is 20.7. The van der Waals surface area contributed by atoms with E-state index in [4.69, 9.17) is 0 Å². The molecule has 1 aliphatic heterocycles. The maximum absolute atomic E-state index is 10.5. The molecule has 2 rings (SSSR count). The van der Waals surface area contributed by atoms with Gasteiger partial charge in [0.1, 0.15) is 0 Å². The van der Waals surface area contributed by atoms with Gasteiger partial charge >= 0.3 is 0 Å². The molecule has 118 valence electrons. The van der Waals surface area contributed by atoms with Gasteiger partial charge in [-0.05, 0) is 48.3 Å². The van der Waals surface area contributed by atoms with Crippen LogP contribution in [0.15, 0.2) is 24.3 Å². The number of β-amino-alcohol motifs (C(OH)–C–C–N with tert-alkyl or cyclic N) is 1. The summed E-state index contributed by atoms with van der Waals surface area (Å²) in [6.07, 6.45) is 3.28. The van der Waals surface area contributed by atoms with Crippen LogP contribution in [0, 0.1) is 11.3 Å². The summed E-state index contributed by atoms with van der Waals surface area (Å²) in [5.74, 6) is 0.677. The van der Waals surface area contributed by atoms with Crippen LogP contribution in [0.1, 0.15) is 57.8 Å². The first-order chi connectivity index (χ1) is 9.85. The molecule has 1 heterocycles. The number of rotatable bonds is 5. The fraction of sp³-hybridized carbons (Fsp3) is 0.684. The number of aliphatic hydroxyl groups excluding tert-OH is 1. The number of likely N-dealkylation sites (tertiary alicyclic amines) is 1. The van der Waals surface area contributed by atoms with Gasteiger partial charge in [-0.15, -0.1) is 0 Å². The Morgan fingerprint density at radius 1 is 1.19 bits per heavy atom. The van der Waals surface area contributed by atoms with Crippen LogP contribution in [0.4, 0.5) is 0 Å². The Hall–Kier alpha value is -0.860. The standard InChI is InChI=1S/C19H31NO/c1-15(2)12-16-6-8-17(9-7-16)18(21)13-20-11-5-10-19(3,4)14-20/h6-9,15,18,21H,5,10-14H2,1-4H3. The summed E-state index contributed by atoms with van der Waals surface area (Å²) < 4.78 is 0. The smallest absolute Gasteiger partial charge is 0.0916 e. The van der Waals surface area contributed by atoms with E-state index < -0.39 is 0 Å². The van der Waals surface area contributed by atoms with Crippen LogP contribution in [0.25, 0.3) is 0 Å². The second kappa shape index (κ2) is 6.93. The van der Waals surface area contributed by atoms with Crippen molar-refractivity contribution < 1.29 is 5.11 Å². The zero-order valence-corrected chi connectivity index (χ0v) is 14.1. The van der Waals surface area contributed by atoms with E-state index >= 15 is 0 Å². The predicted molar refractivity (Wildman–Crippen MR) is 89.4 cm³/mol.